The smallest absolute Gasteiger partial charge is 0.271 e. The number of aryl methyl sites for hydroxylation is 1. The number of hydrogen-bond acceptors (Lipinski definition) is 3. The fourth-order valence-corrected chi connectivity index (χ4v) is 3.59. The van der Waals surface area contributed by atoms with E-state index < -0.39 is 0 Å². The average Bonchev–Trinajstić information content (AvgIpc) is 2.89. The second kappa shape index (κ2) is 8.01. The summed E-state index contributed by atoms with van der Waals surface area (Å²) in [5.41, 5.74) is 3.14. The zero-order chi connectivity index (χ0) is 18.1. The molecule has 1 aliphatic heterocycles. The molecule has 0 spiro atoms. The van der Waals surface area contributed by atoms with E-state index in [1.165, 1.54) is 19.1 Å². The van der Waals surface area contributed by atoms with Crippen LogP contribution in [0.15, 0.2) is 24.3 Å². The Morgan fingerprint density at radius 1 is 1.27 bits per heavy atom. The third-order valence-electron chi connectivity index (χ3n) is 4.74. The highest BCUT2D eigenvalue weighted by Gasteiger charge is 2.31. The third-order valence-corrected chi connectivity index (χ3v) is 4.74. The van der Waals surface area contributed by atoms with Gasteiger partial charge in [0.1, 0.15) is 11.5 Å². The minimum absolute atomic E-state index is 0. The molecular weight excluding hydrogens is 357 g/mol. The lowest BCUT2D eigenvalue weighted by molar-refractivity contribution is 0.0627. The monoisotopic (exact) mass is 379 g/mol. The summed E-state index contributed by atoms with van der Waals surface area (Å²) < 4.78 is 13.6. The van der Waals surface area contributed by atoms with Crippen LogP contribution < -0.4 is 5.32 Å². The lowest BCUT2D eigenvalue weighted by atomic mass is 10.0. The van der Waals surface area contributed by atoms with Crippen molar-refractivity contribution in [2.75, 3.05) is 19.6 Å². The Morgan fingerprint density at radius 2 is 2.00 bits per heavy atom. The highest BCUT2D eigenvalue weighted by molar-refractivity contribution is 6.02. The summed E-state index contributed by atoms with van der Waals surface area (Å²) >= 11 is 0. The predicted octanol–water partition coefficient (Wildman–Crippen LogP) is 3.18. The number of hydrogen-bond donors (Lipinski definition) is 2. The molecule has 1 aromatic heterocycles. The largest absolute Gasteiger partial charge is 0.354 e. The maximum atomic E-state index is 13.6. The topological polar surface area (TPSA) is 65.2 Å². The van der Waals surface area contributed by atoms with Crippen LogP contribution in [0.4, 0.5) is 4.39 Å². The van der Waals surface area contributed by atoms with Gasteiger partial charge in [0.15, 0.2) is 5.78 Å². The van der Waals surface area contributed by atoms with Crippen LogP contribution >= 0.6 is 12.4 Å². The second-order valence-corrected chi connectivity index (χ2v) is 6.45. The number of H-pyrrole nitrogens is 1. The summed E-state index contributed by atoms with van der Waals surface area (Å²) in [5.74, 6) is -0.544. The van der Waals surface area contributed by atoms with Gasteiger partial charge in [-0.3, -0.25) is 9.59 Å². The number of rotatable bonds is 3. The molecule has 7 heteroatoms. The molecule has 26 heavy (non-hydrogen) atoms. The maximum Gasteiger partial charge on any atom is 0.271 e. The van der Waals surface area contributed by atoms with E-state index in [9.17, 15) is 14.0 Å². The van der Waals surface area contributed by atoms with Gasteiger partial charge in [-0.2, -0.15) is 0 Å². The van der Waals surface area contributed by atoms with Crippen molar-refractivity contribution in [1.29, 1.82) is 0 Å². The molecular formula is C19H23ClFN3O2. The molecule has 0 bridgehead atoms. The van der Waals surface area contributed by atoms with Crippen LogP contribution in [0, 0.1) is 19.7 Å². The SMILES string of the molecule is CC(=O)c1c(C)[nH]c(C(=O)N2CCNCC2c2cccc(F)c2)c1C.Cl. The van der Waals surface area contributed by atoms with Crippen LogP contribution in [0.2, 0.25) is 0 Å². The van der Waals surface area contributed by atoms with Gasteiger partial charge in [0.2, 0.25) is 0 Å². The van der Waals surface area contributed by atoms with E-state index in [4.69, 9.17) is 0 Å². The number of halogens is 2. The molecule has 0 saturated carbocycles. The molecule has 2 heterocycles. The van der Waals surface area contributed by atoms with Gasteiger partial charge < -0.3 is 15.2 Å². The van der Waals surface area contributed by atoms with Gasteiger partial charge in [-0.15, -0.1) is 12.4 Å². The number of Topliss-reactive ketones (excluding diaryl/α,β-unsaturated/α-hetero) is 1. The van der Waals surface area contributed by atoms with E-state index in [1.807, 2.05) is 6.07 Å². The van der Waals surface area contributed by atoms with Crippen molar-refractivity contribution in [3.05, 3.63) is 58.2 Å². The minimum Gasteiger partial charge on any atom is -0.354 e. The first kappa shape index (κ1) is 20.1. The van der Waals surface area contributed by atoms with Crippen molar-refractivity contribution in [2.24, 2.45) is 0 Å². The molecule has 1 saturated heterocycles. The van der Waals surface area contributed by atoms with Gasteiger partial charge in [-0.05, 0) is 44.0 Å². The Kier molecular flexibility index (Phi) is 6.21. The highest BCUT2D eigenvalue weighted by atomic mass is 35.5. The van der Waals surface area contributed by atoms with Gasteiger partial charge in [0.05, 0.1) is 6.04 Å². The standard InChI is InChI=1S/C19H22FN3O2.ClH/c1-11-17(13(3)24)12(2)22-18(11)19(25)23-8-7-21-10-16(23)14-5-4-6-15(20)9-14;/h4-6,9,16,21-22H,7-8,10H2,1-3H3;1H. The van der Waals surface area contributed by atoms with Gasteiger partial charge in [-0.25, -0.2) is 4.39 Å². The Bertz CT molecular complexity index is 834. The Morgan fingerprint density at radius 3 is 2.62 bits per heavy atom. The molecule has 0 radical (unpaired) electrons. The first-order valence-corrected chi connectivity index (χ1v) is 8.37. The van der Waals surface area contributed by atoms with Crippen LogP contribution in [0.5, 0.6) is 0 Å². The number of amides is 1. The molecule has 3 rings (SSSR count). The Hall–Kier alpha value is -2.18. The Labute approximate surface area is 158 Å². The first-order chi connectivity index (χ1) is 11.9. The first-order valence-electron chi connectivity index (χ1n) is 8.37. The molecule has 1 aromatic carbocycles. The molecule has 140 valence electrons. The van der Waals surface area contributed by atoms with Crippen molar-refractivity contribution < 1.29 is 14.0 Å². The lowest BCUT2D eigenvalue weighted by Gasteiger charge is -2.36. The van der Waals surface area contributed by atoms with Crippen LogP contribution in [-0.2, 0) is 0 Å². The number of nitrogens with one attached hydrogen (secondary N) is 2. The van der Waals surface area contributed by atoms with Crippen molar-refractivity contribution in [1.82, 2.24) is 15.2 Å². The number of aromatic nitrogens is 1. The second-order valence-electron chi connectivity index (χ2n) is 6.45. The number of carbonyl (C=O) groups is 2. The molecule has 1 unspecified atom stereocenters. The van der Waals surface area contributed by atoms with Crippen LogP contribution in [0.1, 0.15) is 50.6 Å². The lowest BCUT2D eigenvalue weighted by Crippen LogP contribution is -2.49. The number of nitrogens with zero attached hydrogens (tertiary/aromatic N) is 1. The number of aromatic amines is 1. The molecule has 1 amide bonds. The van der Waals surface area contributed by atoms with E-state index in [0.29, 0.717) is 42.1 Å². The average molecular weight is 380 g/mol. The summed E-state index contributed by atoms with van der Waals surface area (Å²) in [6.45, 7) is 6.84. The van der Waals surface area contributed by atoms with Crippen LogP contribution in [-0.4, -0.2) is 41.2 Å². The van der Waals surface area contributed by atoms with Crippen molar-refractivity contribution in [2.45, 2.75) is 26.8 Å². The van der Waals surface area contributed by atoms with Crippen LogP contribution in [0.25, 0.3) is 0 Å². The van der Waals surface area contributed by atoms with Gasteiger partial charge in [0.25, 0.3) is 5.91 Å². The van der Waals surface area contributed by atoms with Crippen molar-refractivity contribution in [3.63, 3.8) is 0 Å². The molecule has 1 fully saturated rings. The van der Waals surface area contributed by atoms with Gasteiger partial charge >= 0.3 is 0 Å². The Balaban J connectivity index is 0.00000243. The van der Waals surface area contributed by atoms with E-state index in [-0.39, 0.29) is 36.0 Å². The van der Waals surface area contributed by atoms with E-state index >= 15 is 0 Å². The summed E-state index contributed by atoms with van der Waals surface area (Å²) in [6.07, 6.45) is 0. The van der Waals surface area contributed by atoms with Gasteiger partial charge in [-0.1, -0.05) is 12.1 Å². The molecule has 1 aliphatic rings. The zero-order valence-corrected chi connectivity index (χ0v) is 15.9. The summed E-state index contributed by atoms with van der Waals surface area (Å²) in [7, 11) is 0. The summed E-state index contributed by atoms with van der Waals surface area (Å²) in [5, 5.41) is 3.26. The molecule has 5 nitrogen and oxygen atoms in total. The minimum atomic E-state index is -0.318. The molecule has 0 aliphatic carbocycles. The number of piperazine rings is 1. The number of benzene rings is 1. The predicted molar refractivity (Wildman–Crippen MR) is 101 cm³/mol. The normalized spacial score (nSPS) is 16.9. The quantitative estimate of drug-likeness (QED) is 0.805. The number of carbonyl (C=O) groups excluding carboxylic acids is 2. The van der Waals surface area contributed by atoms with Crippen LogP contribution in [0.3, 0.4) is 0 Å². The van der Waals surface area contributed by atoms with E-state index in [1.54, 1.807) is 24.8 Å². The summed E-state index contributed by atoms with van der Waals surface area (Å²) in [6, 6.07) is 6.09. The third kappa shape index (κ3) is 3.66. The van der Waals surface area contributed by atoms with Gasteiger partial charge in [0, 0.05) is 30.9 Å². The molecule has 1 atom stereocenters. The fraction of sp³-hybridized carbons (Fsp3) is 0.368. The number of ketones is 1. The van der Waals surface area contributed by atoms with E-state index in [0.717, 1.165) is 5.56 Å². The van der Waals surface area contributed by atoms with E-state index in [2.05, 4.69) is 10.3 Å². The molecule has 2 aromatic rings. The zero-order valence-electron chi connectivity index (χ0n) is 15.1. The highest BCUT2D eigenvalue weighted by Crippen LogP contribution is 2.27. The van der Waals surface area contributed by atoms with Crippen molar-refractivity contribution in [3.8, 4) is 0 Å². The van der Waals surface area contributed by atoms with Crippen molar-refractivity contribution >= 4 is 24.1 Å². The molecule has 2 N–H and O–H groups in total. The fourth-order valence-electron chi connectivity index (χ4n) is 3.59. The maximum absolute atomic E-state index is 13.6. The summed E-state index contributed by atoms with van der Waals surface area (Å²) in [4.78, 5) is 29.8.